The summed E-state index contributed by atoms with van der Waals surface area (Å²) in [5, 5.41) is 14.2. The first-order valence-corrected chi connectivity index (χ1v) is 12.4. The number of amides is 1. The van der Waals surface area contributed by atoms with Gasteiger partial charge in [0.15, 0.2) is 0 Å². The molecule has 1 aromatic heterocycles. The number of nitrogens with one attached hydrogen (secondary N) is 1. The predicted octanol–water partition coefficient (Wildman–Crippen LogP) is 6.20. The van der Waals surface area contributed by atoms with Gasteiger partial charge in [-0.2, -0.15) is 0 Å². The van der Waals surface area contributed by atoms with E-state index in [-0.39, 0.29) is 17.2 Å². The molecule has 156 valence electrons. The Morgan fingerprint density at radius 1 is 1.00 bits per heavy atom. The molecule has 3 rings (SSSR count). The third-order valence-electron chi connectivity index (χ3n) is 4.16. The number of ether oxygens (including phenoxy) is 2. The molecule has 0 unspecified atom stereocenters. The zero-order valence-corrected chi connectivity index (χ0v) is 22.9. The maximum Gasteiger partial charge on any atom is 0.339 e. The number of hydrogen-bond acceptors (Lipinski definition) is 5. The fourth-order valence-corrected chi connectivity index (χ4v) is 8.07. The molecule has 1 heterocycles. The smallest absolute Gasteiger partial charge is 0.339 e. The molecule has 1 amide bonds. The van der Waals surface area contributed by atoms with E-state index in [0.717, 1.165) is 12.7 Å². The zero-order valence-electron chi connectivity index (χ0n) is 15.6. The summed E-state index contributed by atoms with van der Waals surface area (Å²) in [5.74, 6) is -0.205. The van der Waals surface area contributed by atoms with Gasteiger partial charge in [-0.05, 0) is 104 Å². The minimum absolute atomic E-state index is 0.0565. The van der Waals surface area contributed by atoms with Gasteiger partial charge in [-0.1, -0.05) is 0 Å². The van der Waals surface area contributed by atoms with E-state index in [2.05, 4.69) is 73.1 Å². The highest BCUT2D eigenvalue weighted by molar-refractivity contribution is 14.1. The van der Waals surface area contributed by atoms with E-state index in [1.54, 1.807) is 43.9 Å². The summed E-state index contributed by atoms with van der Waals surface area (Å²) in [4.78, 5) is 25.6. The SMILES string of the molecule is COc1ccc(-c2scc(NC(=O)c3c(I)cc(I)c(OC)c3I)c2C(=O)O)cc1. The summed E-state index contributed by atoms with van der Waals surface area (Å²) in [7, 11) is 3.12. The van der Waals surface area contributed by atoms with Crippen LogP contribution >= 0.6 is 79.1 Å². The molecule has 0 saturated heterocycles. The van der Waals surface area contributed by atoms with E-state index in [0.29, 0.717) is 25.5 Å². The lowest BCUT2D eigenvalue weighted by Crippen LogP contribution is -2.17. The van der Waals surface area contributed by atoms with Crippen LogP contribution in [-0.2, 0) is 0 Å². The van der Waals surface area contributed by atoms with Crippen molar-refractivity contribution in [2.75, 3.05) is 19.5 Å². The third-order valence-corrected chi connectivity index (χ3v) is 7.87. The average molecular weight is 761 g/mol. The second-order valence-electron chi connectivity index (χ2n) is 5.90. The Morgan fingerprint density at radius 3 is 2.23 bits per heavy atom. The number of aromatic carboxylic acids is 1. The van der Waals surface area contributed by atoms with E-state index >= 15 is 0 Å². The molecule has 30 heavy (non-hydrogen) atoms. The maximum absolute atomic E-state index is 13.1. The van der Waals surface area contributed by atoms with Gasteiger partial charge in [0.1, 0.15) is 17.1 Å². The zero-order chi connectivity index (χ0) is 22.0. The second kappa shape index (κ2) is 9.99. The number of rotatable bonds is 6. The predicted molar refractivity (Wildman–Crippen MR) is 142 cm³/mol. The van der Waals surface area contributed by atoms with Gasteiger partial charge in [-0.15, -0.1) is 11.3 Å². The Morgan fingerprint density at radius 2 is 1.67 bits per heavy atom. The molecule has 0 aliphatic carbocycles. The van der Waals surface area contributed by atoms with Crippen molar-refractivity contribution >= 4 is 96.7 Å². The molecule has 2 N–H and O–H groups in total. The van der Waals surface area contributed by atoms with Gasteiger partial charge in [0, 0.05) is 8.95 Å². The van der Waals surface area contributed by atoms with Gasteiger partial charge in [0.05, 0.1) is 37.5 Å². The summed E-state index contributed by atoms with van der Waals surface area (Å²) in [5.41, 5.74) is 1.49. The van der Waals surface area contributed by atoms with Gasteiger partial charge >= 0.3 is 5.97 Å². The monoisotopic (exact) mass is 761 g/mol. The van der Waals surface area contributed by atoms with E-state index in [9.17, 15) is 14.7 Å². The molecule has 0 saturated carbocycles. The Labute approximate surface area is 217 Å². The molecule has 2 aromatic carbocycles. The Balaban J connectivity index is 2.01. The fraction of sp³-hybridized carbons (Fsp3) is 0.100. The van der Waals surface area contributed by atoms with Crippen LogP contribution < -0.4 is 14.8 Å². The average Bonchev–Trinajstić information content (AvgIpc) is 3.11. The molecule has 10 heteroatoms. The van der Waals surface area contributed by atoms with Crippen LogP contribution in [0.5, 0.6) is 11.5 Å². The number of thiophene rings is 1. The number of anilines is 1. The number of benzene rings is 2. The summed E-state index contributed by atoms with van der Waals surface area (Å²) in [6.45, 7) is 0. The molecule has 3 aromatic rings. The molecule has 0 bridgehead atoms. The Kier molecular flexibility index (Phi) is 7.84. The topological polar surface area (TPSA) is 84.9 Å². The van der Waals surface area contributed by atoms with Crippen molar-refractivity contribution in [3.63, 3.8) is 0 Å². The van der Waals surface area contributed by atoms with Gasteiger partial charge in [0.2, 0.25) is 0 Å². The van der Waals surface area contributed by atoms with E-state index in [4.69, 9.17) is 9.47 Å². The molecule has 0 aliphatic rings. The van der Waals surface area contributed by atoms with Crippen LogP contribution in [0.15, 0.2) is 35.7 Å². The van der Waals surface area contributed by atoms with E-state index in [1.807, 2.05) is 6.07 Å². The lowest BCUT2D eigenvalue weighted by molar-refractivity contribution is 0.0699. The van der Waals surface area contributed by atoms with Crippen molar-refractivity contribution in [2.45, 2.75) is 0 Å². The van der Waals surface area contributed by atoms with Crippen molar-refractivity contribution in [3.05, 3.63) is 57.5 Å². The van der Waals surface area contributed by atoms with Crippen molar-refractivity contribution in [1.29, 1.82) is 0 Å². The standard InChI is InChI=1S/C20H14I3NO5S/c1-28-10-5-3-9(4-6-10)18-15(20(26)27)13(8-30-18)24-19(25)14-11(21)7-12(22)17(29-2)16(14)23/h3-8H,1-2H3,(H,24,25)(H,26,27). The molecule has 0 fully saturated rings. The van der Waals surface area contributed by atoms with Gasteiger partial charge in [-0.25, -0.2) is 4.79 Å². The Bertz CT molecular complexity index is 1130. The Hall–Kier alpha value is -1.13. The van der Waals surface area contributed by atoms with Gasteiger partial charge < -0.3 is 19.9 Å². The number of carboxylic acids is 1. The number of carboxylic acid groups (broad SMARTS) is 1. The number of halogens is 3. The van der Waals surface area contributed by atoms with Crippen LogP contribution in [0.3, 0.4) is 0 Å². The number of carbonyl (C=O) groups is 2. The van der Waals surface area contributed by atoms with Crippen LogP contribution in [0.2, 0.25) is 0 Å². The second-order valence-corrected chi connectivity index (χ2v) is 10.2. The molecule has 0 atom stereocenters. The normalized spacial score (nSPS) is 10.6. The number of carbonyl (C=O) groups excluding carboxylic acids is 1. The minimum atomic E-state index is -1.11. The number of hydrogen-bond donors (Lipinski definition) is 2. The van der Waals surface area contributed by atoms with Crippen molar-refractivity contribution < 1.29 is 24.2 Å². The maximum atomic E-state index is 13.1. The highest BCUT2D eigenvalue weighted by Gasteiger charge is 2.25. The van der Waals surface area contributed by atoms with Crippen molar-refractivity contribution in [2.24, 2.45) is 0 Å². The van der Waals surface area contributed by atoms with Crippen molar-refractivity contribution in [1.82, 2.24) is 0 Å². The van der Waals surface area contributed by atoms with E-state index in [1.165, 1.54) is 11.3 Å². The first-order valence-electron chi connectivity index (χ1n) is 8.30. The van der Waals surface area contributed by atoms with Crippen LogP contribution in [0, 0.1) is 10.7 Å². The number of methoxy groups -OCH3 is 2. The fourth-order valence-electron chi connectivity index (χ4n) is 2.77. The summed E-state index contributed by atoms with van der Waals surface area (Å²) < 4.78 is 12.9. The molecule has 6 nitrogen and oxygen atoms in total. The highest BCUT2D eigenvalue weighted by Crippen LogP contribution is 2.38. The highest BCUT2D eigenvalue weighted by atomic mass is 127. The summed E-state index contributed by atoms with van der Waals surface area (Å²) >= 11 is 7.58. The van der Waals surface area contributed by atoms with Gasteiger partial charge in [0.25, 0.3) is 5.91 Å². The first kappa shape index (κ1) is 23.5. The van der Waals surface area contributed by atoms with Crippen LogP contribution in [0.4, 0.5) is 5.69 Å². The van der Waals surface area contributed by atoms with Gasteiger partial charge in [-0.3, -0.25) is 4.79 Å². The minimum Gasteiger partial charge on any atom is -0.497 e. The van der Waals surface area contributed by atoms with E-state index < -0.39 is 5.97 Å². The van der Waals surface area contributed by atoms with Crippen LogP contribution in [-0.4, -0.2) is 31.2 Å². The largest absolute Gasteiger partial charge is 0.497 e. The molecular formula is C20H14I3NO5S. The lowest BCUT2D eigenvalue weighted by atomic mass is 10.1. The first-order chi connectivity index (χ1) is 14.3. The molecule has 0 radical (unpaired) electrons. The third kappa shape index (κ3) is 4.70. The van der Waals surface area contributed by atoms with Crippen LogP contribution in [0.25, 0.3) is 10.4 Å². The lowest BCUT2D eigenvalue weighted by Gasteiger charge is -2.13. The summed E-state index contributed by atoms with van der Waals surface area (Å²) in [6.07, 6.45) is 0. The molecule has 0 aliphatic heterocycles. The quantitative estimate of drug-likeness (QED) is 0.293. The molecular weight excluding hydrogens is 747 g/mol. The molecule has 0 spiro atoms. The van der Waals surface area contributed by atoms with Crippen LogP contribution in [0.1, 0.15) is 20.7 Å². The van der Waals surface area contributed by atoms with Crippen molar-refractivity contribution in [3.8, 4) is 21.9 Å². The summed E-state index contributed by atoms with van der Waals surface area (Å²) in [6, 6.07) is 8.96.